The molecule has 0 bridgehead atoms. The monoisotopic (exact) mass is 307 g/mol. The first-order valence-electron chi connectivity index (χ1n) is 6.55. The number of anilines is 1. The van der Waals surface area contributed by atoms with Crippen molar-refractivity contribution >= 4 is 23.3 Å². The Morgan fingerprint density at radius 2 is 2.14 bits per heavy atom. The number of carbonyl (C=O) groups excluding carboxylic acids is 1. The number of esters is 1. The molecule has 1 aromatic heterocycles. The molecule has 1 N–H and O–H groups in total. The number of halogens is 1. The van der Waals surface area contributed by atoms with Crippen molar-refractivity contribution in [3.8, 4) is 0 Å². The molecule has 0 aliphatic heterocycles. The molecule has 0 fully saturated rings. The lowest BCUT2D eigenvalue weighted by Gasteiger charge is -2.11. The van der Waals surface area contributed by atoms with Crippen LogP contribution in [0.2, 0.25) is 5.02 Å². The summed E-state index contributed by atoms with van der Waals surface area (Å²) >= 11 is 6.00. The first-order valence-corrected chi connectivity index (χ1v) is 6.92. The zero-order chi connectivity index (χ0) is 15.6. The van der Waals surface area contributed by atoms with Crippen molar-refractivity contribution in [2.75, 3.05) is 12.4 Å². The zero-order valence-corrected chi connectivity index (χ0v) is 13.3. The molecular weight excluding hydrogens is 290 g/mol. The molecule has 0 unspecified atom stereocenters. The van der Waals surface area contributed by atoms with Crippen molar-refractivity contribution < 1.29 is 9.53 Å². The van der Waals surface area contributed by atoms with Gasteiger partial charge in [-0.3, -0.25) is 4.68 Å². The van der Waals surface area contributed by atoms with Gasteiger partial charge in [-0.2, -0.15) is 5.10 Å². The summed E-state index contributed by atoms with van der Waals surface area (Å²) in [6, 6.07) is 5.04. The van der Waals surface area contributed by atoms with E-state index in [0.29, 0.717) is 22.8 Å². The Morgan fingerprint density at radius 1 is 1.43 bits per heavy atom. The van der Waals surface area contributed by atoms with Crippen molar-refractivity contribution in [2.24, 2.45) is 7.05 Å². The van der Waals surface area contributed by atoms with E-state index in [1.807, 2.05) is 25.6 Å². The highest BCUT2D eigenvalue weighted by Crippen LogP contribution is 2.23. The van der Waals surface area contributed by atoms with Crippen LogP contribution < -0.4 is 5.32 Å². The topological polar surface area (TPSA) is 56.1 Å². The Kier molecular flexibility index (Phi) is 4.53. The predicted octanol–water partition coefficient (Wildman–Crippen LogP) is 3.09. The second kappa shape index (κ2) is 6.18. The van der Waals surface area contributed by atoms with Gasteiger partial charge in [0.1, 0.15) is 0 Å². The number of methoxy groups -OCH3 is 1. The molecule has 0 radical (unpaired) electrons. The first-order chi connectivity index (χ1) is 9.93. The molecule has 0 aliphatic carbocycles. The summed E-state index contributed by atoms with van der Waals surface area (Å²) < 4.78 is 6.62. The Hall–Kier alpha value is -2.01. The fourth-order valence-electron chi connectivity index (χ4n) is 2.21. The van der Waals surface area contributed by atoms with Gasteiger partial charge >= 0.3 is 5.97 Å². The molecule has 1 aromatic carbocycles. The summed E-state index contributed by atoms with van der Waals surface area (Å²) in [7, 11) is 3.27. The highest BCUT2D eigenvalue weighted by atomic mass is 35.5. The summed E-state index contributed by atoms with van der Waals surface area (Å²) in [5, 5.41) is 8.18. The number of rotatable bonds is 4. The smallest absolute Gasteiger partial charge is 0.339 e. The minimum Gasteiger partial charge on any atom is -0.465 e. The number of hydrogen-bond acceptors (Lipinski definition) is 4. The summed E-state index contributed by atoms with van der Waals surface area (Å²) in [5.74, 6) is -0.395. The Labute approximate surface area is 128 Å². The average Bonchev–Trinajstić information content (AvgIpc) is 2.69. The van der Waals surface area contributed by atoms with E-state index >= 15 is 0 Å². The standard InChI is InChI=1S/C15H18ClN3O2/c1-9-13(10(2)19(3)18-9)8-17-14-7-11(16)5-6-12(14)15(20)21-4/h5-7,17H,8H2,1-4H3. The molecule has 6 heteroatoms. The lowest BCUT2D eigenvalue weighted by Crippen LogP contribution is -2.09. The molecule has 5 nitrogen and oxygen atoms in total. The van der Waals surface area contributed by atoms with Gasteiger partial charge in [-0.05, 0) is 32.0 Å². The Balaban J connectivity index is 2.27. The summed E-state index contributed by atoms with van der Waals surface area (Å²) in [6.07, 6.45) is 0. The van der Waals surface area contributed by atoms with E-state index in [2.05, 4.69) is 10.4 Å². The molecule has 0 saturated heterocycles. The number of aryl methyl sites for hydroxylation is 2. The number of nitrogens with one attached hydrogen (secondary N) is 1. The minimum absolute atomic E-state index is 0.395. The summed E-state index contributed by atoms with van der Waals surface area (Å²) in [5.41, 5.74) is 4.26. The molecule has 1 heterocycles. The second-order valence-corrected chi connectivity index (χ2v) is 5.24. The van der Waals surface area contributed by atoms with Crippen LogP contribution in [0.3, 0.4) is 0 Å². The van der Waals surface area contributed by atoms with Crippen LogP contribution in [0.25, 0.3) is 0 Å². The predicted molar refractivity (Wildman–Crippen MR) is 82.8 cm³/mol. The van der Waals surface area contributed by atoms with Crippen LogP contribution >= 0.6 is 11.6 Å². The van der Waals surface area contributed by atoms with E-state index < -0.39 is 5.97 Å². The SMILES string of the molecule is COC(=O)c1ccc(Cl)cc1NCc1c(C)nn(C)c1C. The van der Waals surface area contributed by atoms with Crippen LogP contribution in [-0.4, -0.2) is 22.9 Å². The van der Waals surface area contributed by atoms with Crippen molar-refractivity contribution in [1.82, 2.24) is 9.78 Å². The summed E-state index contributed by atoms with van der Waals surface area (Å²) in [6.45, 7) is 4.54. The largest absolute Gasteiger partial charge is 0.465 e. The third kappa shape index (κ3) is 3.19. The fourth-order valence-corrected chi connectivity index (χ4v) is 2.38. The minimum atomic E-state index is -0.395. The molecule has 112 valence electrons. The molecule has 0 spiro atoms. The zero-order valence-electron chi connectivity index (χ0n) is 12.5. The highest BCUT2D eigenvalue weighted by molar-refractivity contribution is 6.31. The second-order valence-electron chi connectivity index (χ2n) is 4.81. The number of ether oxygens (including phenoxy) is 1. The van der Waals surface area contributed by atoms with Crippen LogP contribution in [0.1, 0.15) is 27.3 Å². The Morgan fingerprint density at radius 3 is 2.71 bits per heavy atom. The quantitative estimate of drug-likeness (QED) is 0.882. The lowest BCUT2D eigenvalue weighted by atomic mass is 10.1. The van der Waals surface area contributed by atoms with E-state index in [9.17, 15) is 4.79 Å². The van der Waals surface area contributed by atoms with Gasteiger partial charge in [0.2, 0.25) is 0 Å². The van der Waals surface area contributed by atoms with Crippen molar-refractivity contribution in [3.63, 3.8) is 0 Å². The van der Waals surface area contributed by atoms with E-state index in [1.165, 1.54) is 7.11 Å². The van der Waals surface area contributed by atoms with E-state index in [0.717, 1.165) is 17.0 Å². The van der Waals surface area contributed by atoms with Gasteiger partial charge in [0, 0.05) is 29.9 Å². The third-order valence-electron chi connectivity index (χ3n) is 3.50. The van der Waals surface area contributed by atoms with Gasteiger partial charge in [-0.25, -0.2) is 4.79 Å². The maximum Gasteiger partial charge on any atom is 0.339 e. The average molecular weight is 308 g/mol. The highest BCUT2D eigenvalue weighted by Gasteiger charge is 2.14. The number of aromatic nitrogens is 2. The molecule has 0 saturated carbocycles. The van der Waals surface area contributed by atoms with E-state index in [4.69, 9.17) is 16.3 Å². The molecule has 2 rings (SSSR count). The number of nitrogens with zero attached hydrogens (tertiary/aromatic N) is 2. The molecule has 0 atom stereocenters. The molecule has 21 heavy (non-hydrogen) atoms. The van der Waals surface area contributed by atoms with Crippen LogP contribution in [0, 0.1) is 13.8 Å². The van der Waals surface area contributed by atoms with Gasteiger partial charge in [0.15, 0.2) is 0 Å². The van der Waals surface area contributed by atoms with Crippen LogP contribution in [0.5, 0.6) is 0 Å². The molecule has 0 amide bonds. The maximum absolute atomic E-state index is 11.8. The normalized spacial score (nSPS) is 10.5. The Bertz CT molecular complexity index is 680. The fraction of sp³-hybridized carbons (Fsp3) is 0.333. The van der Waals surface area contributed by atoms with Crippen molar-refractivity contribution in [3.05, 3.63) is 45.7 Å². The van der Waals surface area contributed by atoms with Gasteiger partial charge in [-0.1, -0.05) is 11.6 Å². The van der Waals surface area contributed by atoms with Crippen molar-refractivity contribution in [2.45, 2.75) is 20.4 Å². The maximum atomic E-state index is 11.8. The number of carbonyl (C=O) groups is 1. The first kappa shape index (κ1) is 15.4. The van der Waals surface area contributed by atoms with Crippen molar-refractivity contribution in [1.29, 1.82) is 0 Å². The summed E-state index contributed by atoms with van der Waals surface area (Å²) in [4.78, 5) is 11.8. The van der Waals surface area contributed by atoms with Gasteiger partial charge < -0.3 is 10.1 Å². The van der Waals surface area contributed by atoms with Gasteiger partial charge in [-0.15, -0.1) is 0 Å². The molecule has 2 aromatic rings. The van der Waals surface area contributed by atoms with Crippen LogP contribution in [-0.2, 0) is 18.3 Å². The van der Waals surface area contributed by atoms with Gasteiger partial charge in [0.05, 0.1) is 24.1 Å². The number of benzene rings is 1. The van der Waals surface area contributed by atoms with E-state index in [1.54, 1.807) is 18.2 Å². The molecular formula is C15H18ClN3O2. The number of hydrogen-bond donors (Lipinski definition) is 1. The van der Waals surface area contributed by atoms with E-state index in [-0.39, 0.29) is 0 Å². The van der Waals surface area contributed by atoms with Gasteiger partial charge in [0.25, 0.3) is 0 Å². The van der Waals surface area contributed by atoms with Crippen LogP contribution in [0.4, 0.5) is 5.69 Å². The third-order valence-corrected chi connectivity index (χ3v) is 3.74. The molecule has 0 aliphatic rings. The van der Waals surface area contributed by atoms with Crippen LogP contribution in [0.15, 0.2) is 18.2 Å². The lowest BCUT2D eigenvalue weighted by molar-refractivity contribution is 0.0602.